The fourth-order valence-corrected chi connectivity index (χ4v) is 3.26. The van der Waals surface area contributed by atoms with E-state index in [0.29, 0.717) is 17.2 Å². The summed E-state index contributed by atoms with van der Waals surface area (Å²) in [6, 6.07) is 24.6. The van der Waals surface area contributed by atoms with Crippen molar-refractivity contribution in [2.24, 2.45) is 0 Å². The Balaban J connectivity index is 1.75. The molecule has 0 fully saturated rings. The predicted molar refractivity (Wildman–Crippen MR) is 118 cm³/mol. The Hall–Kier alpha value is -4.07. The first-order valence-corrected chi connectivity index (χ1v) is 9.72. The number of anilines is 1. The summed E-state index contributed by atoms with van der Waals surface area (Å²) in [6.07, 6.45) is 1.56. The van der Waals surface area contributed by atoms with Gasteiger partial charge in [0.05, 0.1) is 11.3 Å². The Morgan fingerprint density at radius 2 is 1.77 bits per heavy atom. The third-order valence-corrected chi connectivity index (χ3v) is 4.98. The van der Waals surface area contributed by atoms with Gasteiger partial charge in [0, 0.05) is 16.1 Å². The molecule has 2 aromatic carbocycles. The Morgan fingerprint density at radius 3 is 2.43 bits per heavy atom. The van der Waals surface area contributed by atoms with Gasteiger partial charge in [-0.15, -0.1) is 0 Å². The first kappa shape index (κ1) is 19.3. The lowest BCUT2D eigenvalue weighted by Crippen LogP contribution is -2.02. The fourth-order valence-electron chi connectivity index (χ4n) is 2.99. The summed E-state index contributed by atoms with van der Waals surface area (Å²) >= 11 is 3.41. The van der Waals surface area contributed by atoms with Crippen molar-refractivity contribution in [3.8, 4) is 29.1 Å². The van der Waals surface area contributed by atoms with Gasteiger partial charge in [-0.05, 0) is 36.4 Å². The number of nitriles is 2. The van der Waals surface area contributed by atoms with Crippen LogP contribution in [-0.2, 0) is 0 Å². The largest absolute Gasteiger partial charge is 0.457 e. The van der Waals surface area contributed by atoms with Gasteiger partial charge in [-0.2, -0.15) is 15.6 Å². The van der Waals surface area contributed by atoms with Crippen LogP contribution in [-0.4, -0.2) is 9.78 Å². The number of nitrogens with zero attached hydrogens (tertiary/aromatic N) is 4. The zero-order chi connectivity index (χ0) is 21.1. The van der Waals surface area contributed by atoms with E-state index in [4.69, 9.17) is 10.2 Å². The molecule has 2 heterocycles. The van der Waals surface area contributed by atoms with E-state index in [-0.39, 0.29) is 22.6 Å². The van der Waals surface area contributed by atoms with Crippen LogP contribution >= 0.6 is 15.9 Å². The molecule has 4 rings (SSSR count). The summed E-state index contributed by atoms with van der Waals surface area (Å²) in [4.78, 5) is 0. The van der Waals surface area contributed by atoms with Gasteiger partial charge in [-0.25, -0.2) is 4.68 Å². The SMILES string of the molecule is N#CC(=Cc1ccc(-c2ccc(Br)cc2)o1)c1nn(-c2ccccc2)c(N)c1C#N. The number of furan rings is 1. The van der Waals surface area contributed by atoms with E-state index >= 15 is 0 Å². The maximum Gasteiger partial charge on any atom is 0.145 e. The van der Waals surface area contributed by atoms with Crippen molar-refractivity contribution in [2.45, 2.75) is 0 Å². The van der Waals surface area contributed by atoms with Crippen molar-refractivity contribution in [2.75, 3.05) is 5.73 Å². The highest BCUT2D eigenvalue weighted by molar-refractivity contribution is 9.10. The molecule has 0 amide bonds. The molecule has 30 heavy (non-hydrogen) atoms. The van der Waals surface area contributed by atoms with Gasteiger partial charge in [0.15, 0.2) is 0 Å². The molecule has 2 N–H and O–H groups in total. The first-order valence-electron chi connectivity index (χ1n) is 8.92. The zero-order valence-electron chi connectivity index (χ0n) is 15.6. The normalized spacial score (nSPS) is 11.1. The third-order valence-electron chi connectivity index (χ3n) is 4.45. The summed E-state index contributed by atoms with van der Waals surface area (Å²) in [7, 11) is 0. The molecule has 0 saturated heterocycles. The summed E-state index contributed by atoms with van der Waals surface area (Å²) in [5.41, 5.74) is 8.29. The van der Waals surface area contributed by atoms with Crippen molar-refractivity contribution in [1.29, 1.82) is 10.5 Å². The summed E-state index contributed by atoms with van der Waals surface area (Å²) < 4.78 is 8.29. The van der Waals surface area contributed by atoms with Crippen molar-refractivity contribution < 1.29 is 4.42 Å². The number of para-hydroxylation sites is 1. The quantitative estimate of drug-likeness (QED) is 0.414. The van der Waals surface area contributed by atoms with Gasteiger partial charge >= 0.3 is 0 Å². The van der Waals surface area contributed by atoms with Gasteiger partial charge in [0.25, 0.3) is 0 Å². The minimum atomic E-state index is 0.145. The lowest BCUT2D eigenvalue weighted by atomic mass is 10.1. The minimum absolute atomic E-state index is 0.145. The van der Waals surface area contributed by atoms with E-state index in [1.807, 2.05) is 60.7 Å². The van der Waals surface area contributed by atoms with Crippen molar-refractivity contribution in [3.05, 3.63) is 88.2 Å². The van der Waals surface area contributed by atoms with E-state index in [1.54, 1.807) is 12.1 Å². The number of hydrogen-bond acceptors (Lipinski definition) is 5. The van der Waals surface area contributed by atoms with Crippen LogP contribution in [0.2, 0.25) is 0 Å². The standard InChI is InChI=1S/C23H14BrN5O/c24-17-8-6-15(7-9-17)21-11-10-19(30-21)12-16(13-25)22-20(14-26)23(27)29(28-22)18-4-2-1-3-5-18/h1-12H,27H2. The first-order chi connectivity index (χ1) is 14.6. The van der Waals surface area contributed by atoms with Crippen molar-refractivity contribution in [3.63, 3.8) is 0 Å². The summed E-state index contributed by atoms with van der Waals surface area (Å²) in [6.45, 7) is 0. The van der Waals surface area contributed by atoms with E-state index < -0.39 is 0 Å². The molecule has 0 spiro atoms. The maximum atomic E-state index is 9.72. The highest BCUT2D eigenvalue weighted by Crippen LogP contribution is 2.29. The van der Waals surface area contributed by atoms with Crippen molar-refractivity contribution in [1.82, 2.24) is 9.78 Å². The molecular formula is C23H14BrN5O. The fraction of sp³-hybridized carbons (Fsp3) is 0. The number of nitrogens with two attached hydrogens (primary N) is 1. The highest BCUT2D eigenvalue weighted by Gasteiger charge is 2.20. The number of benzene rings is 2. The van der Waals surface area contributed by atoms with E-state index in [2.05, 4.69) is 33.2 Å². The lowest BCUT2D eigenvalue weighted by molar-refractivity contribution is 0.572. The van der Waals surface area contributed by atoms with E-state index in [9.17, 15) is 10.5 Å². The number of halogens is 1. The van der Waals surface area contributed by atoms with Gasteiger partial charge in [0.1, 0.15) is 40.7 Å². The smallest absolute Gasteiger partial charge is 0.145 e. The van der Waals surface area contributed by atoms with Crippen LogP contribution in [0.5, 0.6) is 0 Å². The van der Waals surface area contributed by atoms with Gasteiger partial charge < -0.3 is 10.2 Å². The van der Waals surface area contributed by atoms with Gasteiger partial charge in [-0.3, -0.25) is 0 Å². The molecule has 4 aromatic rings. The minimum Gasteiger partial charge on any atom is -0.457 e. The second-order valence-corrected chi connectivity index (χ2v) is 7.26. The summed E-state index contributed by atoms with van der Waals surface area (Å²) in [5.74, 6) is 1.32. The van der Waals surface area contributed by atoms with Crippen LogP contribution in [0.25, 0.3) is 28.7 Å². The van der Waals surface area contributed by atoms with Crippen LogP contribution in [0.1, 0.15) is 17.0 Å². The molecule has 144 valence electrons. The molecule has 2 aromatic heterocycles. The Kier molecular flexibility index (Phi) is 5.21. The topological polar surface area (TPSA) is 105 Å². The number of allylic oxidation sites excluding steroid dienone is 1. The van der Waals surface area contributed by atoms with Crippen LogP contribution in [0.4, 0.5) is 5.82 Å². The van der Waals surface area contributed by atoms with Crippen LogP contribution in [0.15, 0.2) is 75.6 Å². The molecule has 6 nitrogen and oxygen atoms in total. The Morgan fingerprint density at radius 1 is 1.03 bits per heavy atom. The monoisotopic (exact) mass is 455 g/mol. The summed E-state index contributed by atoms with van der Waals surface area (Å²) in [5, 5.41) is 23.7. The molecule has 0 atom stereocenters. The average molecular weight is 456 g/mol. The number of rotatable bonds is 4. The maximum absolute atomic E-state index is 9.72. The lowest BCUT2D eigenvalue weighted by Gasteiger charge is -2.02. The molecule has 0 bridgehead atoms. The second-order valence-electron chi connectivity index (χ2n) is 6.35. The van der Waals surface area contributed by atoms with Crippen LogP contribution in [0.3, 0.4) is 0 Å². The molecular weight excluding hydrogens is 442 g/mol. The third kappa shape index (κ3) is 3.62. The number of nitrogen functional groups attached to an aromatic ring is 1. The Bertz CT molecular complexity index is 1320. The molecule has 0 saturated carbocycles. The molecule has 7 heteroatoms. The van der Waals surface area contributed by atoms with E-state index in [1.165, 1.54) is 4.68 Å². The highest BCUT2D eigenvalue weighted by atomic mass is 79.9. The predicted octanol–water partition coefficient (Wildman–Crippen LogP) is 5.41. The zero-order valence-corrected chi connectivity index (χ0v) is 17.2. The average Bonchev–Trinajstić information content (AvgIpc) is 3.37. The van der Waals surface area contributed by atoms with Gasteiger partial charge in [0.2, 0.25) is 0 Å². The number of aromatic nitrogens is 2. The second kappa shape index (κ2) is 8.12. The van der Waals surface area contributed by atoms with Gasteiger partial charge in [-0.1, -0.05) is 46.3 Å². The molecule has 0 aliphatic rings. The van der Waals surface area contributed by atoms with E-state index in [0.717, 1.165) is 10.0 Å². The molecule has 0 aliphatic carbocycles. The Labute approximate surface area is 181 Å². The van der Waals surface area contributed by atoms with Crippen molar-refractivity contribution >= 4 is 33.4 Å². The molecule has 0 unspecified atom stereocenters. The van der Waals surface area contributed by atoms with Crippen LogP contribution in [0, 0.1) is 22.7 Å². The molecule has 0 aliphatic heterocycles. The molecule has 0 radical (unpaired) electrons. The van der Waals surface area contributed by atoms with Crippen LogP contribution < -0.4 is 5.73 Å². The number of hydrogen-bond donors (Lipinski definition) is 1.